The van der Waals surface area contributed by atoms with Crippen molar-refractivity contribution in [3.63, 3.8) is 0 Å². The van der Waals surface area contributed by atoms with Gasteiger partial charge in [0.2, 0.25) is 0 Å². The lowest BCUT2D eigenvalue weighted by Gasteiger charge is -2.36. The number of hydrogen-bond donors (Lipinski definition) is 0. The molecule has 0 saturated carbocycles. The monoisotopic (exact) mass is 465 g/mol. The fourth-order valence-corrected chi connectivity index (χ4v) is 4.58. The van der Waals surface area contributed by atoms with Crippen molar-refractivity contribution in [2.45, 2.75) is 38.7 Å². The minimum atomic E-state index is -0.241. The van der Waals surface area contributed by atoms with Crippen LogP contribution < -0.4 is 9.64 Å². The van der Waals surface area contributed by atoms with E-state index in [1.54, 1.807) is 0 Å². The number of aromatic nitrogens is 1. The van der Waals surface area contributed by atoms with Crippen molar-refractivity contribution in [2.24, 2.45) is 0 Å². The second-order valence-corrected chi connectivity index (χ2v) is 9.12. The van der Waals surface area contributed by atoms with Gasteiger partial charge >= 0.3 is 0 Å². The zero-order chi connectivity index (χ0) is 23.9. The van der Waals surface area contributed by atoms with Gasteiger partial charge in [-0.1, -0.05) is 24.3 Å². The molecule has 180 valence electrons. The SMILES string of the molecule is CC(C)Oc1cccnc1N1CCN(CCCC(c2ccc(F)cc2)c2ccc(F)cc2)CC1. The van der Waals surface area contributed by atoms with E-state index < -0.39 is 0 Å². The van der Waals surface area contributed by atoms with Crippen molar-refractivity contribution >= 4 is 5.82 Å². The average Bonchev–Trinajstić information content (AvgIpc) is 2.84. The summed E-state index contributed by atoms with van der Waals surface area (Å²) < 4.78 is 32.9. The van der Waals surface area contributed by atoms with Gasteiger partial charge in [0, 0.05) is 38.3 Å². The molecular weight excluding hydrogens is 432 g/mol. The predicted molar refractivity (Wildman–Crippen MR) is 133 cm³/mol. The number of pyridine rings is 1. The molecule has 0 bridgehead atoms. The maximum atomic E-state index is 13.5. The lowest BCUT2D eigenvalue weighted by Crippen LogP contribution is -2.47. The predicted octanol–water partition coefficient (Wildman–Crippen LogP) is 5.88. The molecule has 0 amide bonds. The third-order valence-corrected chi connectivity index (χ3v) is 6.30. The minimum Gasteiger partial charge on any atom is -0.487 e. The van der Waals surface area contributed by atoms with Crippen molar-refractivity contribution in [2.75, 3.05) is 37.6 Å². The van der Waals surface area contributed by atoms with E-state index in [0.717, 1.165) is 68.3 Å². The molecule has 3 aromatic rings. The third kappa shape index (κ3) is 6.32. The highest BCUT2D eigenvalue weighted by Crippen LogP contribution is 2.30. The minimum absolute atomic E-state index is 0.111. The summed E-state index contributed by atoms with van der Waals surface area (Å²) in [6.45, 7) is 8.80. The smallest absolute Gasteiger partial charge is 0.171 e. The van der Waals surface area contributed by atoms with Gasteiger partial charge in [0.15, 0.2) is 11.6 Å². The van der Waals surface area contributed by atoms with Crippen LogP contribution in [0.1, 0.15) is 43.7 Å². The van der Waals surface area contributed by atoms with E-state index in [2.05, 4.69) is 14.8 Å². The van der Waals surface area contributed by atoms with Gasteiger partial charge in [0.25, 0.3) is 0 Å². The summed E-state index contributed by atoms with van der Waals surface area (Å²) in [5.41, 5.74) is 2.12. The van der Waals surface area contributed by atoms with Gasteiger partial charge in [0.1, 0.15) is 11.6 Å². The van der Waals surface area contributed by atoms with Crippen LogP contribution in [0.4, 0.5) is 14.6 Å². The largest absolute Gasteiger partial charge is 0.487 e. The number of rotatable bonds is 9. The number of ether oxygens (including phenoxy) is 1. The lowest BCUT2D eigenvalue weighted by atomic mass is 9.87. The first kappa shape index (κ1) is 24.1. The Morgan fingerprint density at radius 1 is 0.853 bits per heavy atom. The van der Waals surface area contributed by atoms with Crippen LogP contribution in [-0.2, 0) is 0 Å². The number of hydrogen-bond acceptors (Lipinski definition) is 4. The van der Waals surface area contributed by atoms with E-state index in [9.17, 15) is 8.78 Å². The van der Waals surface area contributed by atoms with Crippen molar-refractivity contribution in [1.29, 1.82) is 0 Å². The zero-order valence-corrected chi connectivity index (χ0v) is 20.0. The van der Waals surface area contributed by atoms with Gasteiger partial charge in [-0.15, -0.1) is 0 Å². The van der Waals surface area contributed by atoms with E-state index >= 15 is 0 Å². The van der Waals surface area contributed by atoms with E-state index in [1.165, 1.54) is 24.3 Å². The first-order valence-electron chi connectivity index (χ1n) is 12.1. The molecule has 6 heteroatoms. The van der Waals surface area contributed by atoms with Crippen LogP contribution in [0.5, 0.6) is 5.75 Å². The molecule has 1 aliphatic heterocycles. The Hall–Kier alpha value is -2.99. The summed E-state index contributed by atoms with van der Waals surface area (Å²) in [6.07, 6.45) is 3.86. The van der Waals surface area contributed by atoms with E-state index in [1.807, 2.05) is 56.4 Å². The molecule has 0 atom stereocenters. The Labute approximate surface area is 201 Å². The standard InChI is InChI=1S/C28H33F2N3O/c1-21(2)34-27-6-3-15-31-28(27)33-19-17-32(18-20-33)16-4-5-26(22-7-11-24(29)12-8-22)23-9-13-25(30)14-10-23/h3,6-15,21,26H,4-5,16-20H2,1-2H3. The fraction of sp³-hybridized carbons (Fsp3) is 0.393. The molecule has 2 heterocycles. The molecule has 1 aromatic heterocycles. The van der Waals surface area contributed by atoms with E-state index in [-0.39, 0.29) is 23.7 Å². The number of anilines is 1. The van der Waals surface area contributed by atoms with Crippen LogP contribution in [-0.4, -0.2) is 48.7 Å². The van der Waals surface area contributed by atoms with Crippen LogP contribution in [0.25, 0.3) is 0 Å². The Morgan fingerprint density at radius 2 is 1.44 bits per heavy atom. The molecule has 1 saturated heterocycles. The molecule has 4 nitrogen and oxygen atoms in total. The quantitative estimate of drug-likeness (QED) is 0.395. The Kier molecular flexibility index (Phi) is 8.12. The van der Waals surface area contributed by atoms with Crippen LogP contribution in [0.15, 0.2) is 66.9 Å². The average molecular weight is 466 g/mol. The molecule has 0 radical (unpaired) electrons. The molecule has 4 rings (SSSR count). The van der Waals surface area contributed by atoms with Gasteiger partial charge in [-0.2, -0.15) is 0 Å². The third-order valence-electron chi connectivity index (χ3n) is 6.30. The van der Waals surface area contributed by atoms with Gasteiger partial charge in [-0.05, 0) is 80.8 Å². The summed E-state index contributed by atoms with van der Waals surface area (Å²) in [7, 11) is 0. The molecule has 0 unspecified atom stereocenters. The second-order valence-electron chi connectivity index (χ2n) is 9.12. The highest BCUT2D eigenvalue weighted by Gasteiger charge is 2.22. The number of nitrogens with zero attached hydrogens (tertiary/aromatic N) is 3. The van der Waals surface area contributed by atoms with Crippen molar-refractivity contribution in [3.8, 4) is 5.75 Å². The van der Waals surface area contributed by atoms with Gasteiger partial charge < -0.3 is 9.64 Å². The van der Waals surface area contributed by atoms with Crippen LogP contribution in [0.3, 0.4) is 0 Å². The van der Waals surface area contributed by atoms with Gasteiger partial charge in [-0.25, -0.2) is 13.8 Å². The normalized spacial score (nSPS) is 14.7. The Balaban J connectivity index is 1.34. The topological polar surface area (TPSA) is 28.6 Å². The summed E-state index contributed by atoms with van der Waals surface area (Å²) in [5, 5.41) is 0. The lowest BCUT2D eigenvalue weighted by molar-refractivity contribution is 0.235. The fourth-order valence-electron chi connectivity index (χ4n) is 4.58. The summed E-state index contributed by atoms with van der Waals surface area (Å²) in [6, 6.07) is 17.3. The number of halogens is 2. The molecule has 1 aliphatic rings. The summed E-state index contributed by atoms with van der Waals surface area (Å²) in [5.74, 6) is 1.39. The van der Waals surface area contributed by atoms with Gasteiger partial charge in [0.05, 0.1) is 6.10 Å². The van der Waals surface area contributed by atoms with Crippen molar-refractivity contribution in [1.82, 2.24) is 9.88 Å². The first-order chi connectivity index (χ1) is 16.5. The van der Waals surface area contributed by atoms with E-state index in [4.69, 9.17) is 4.74 Å². The Bertz CT molecular complexity index is 987. The van der Waals surface area contributed by atoms with Crippen molar-refractivity contribution in [3.05, 3.63) is 89.6 Å². The highest BCUT2D eigenvalue weighted by atomic mass is 19.1. The summed E-state index contributed by atoms with van der Waals surface area (Å²) in [4.78, 5) is 9.35. The highest BCUT2D eigenvalue weighted by molar-refractivity contribution is 5.52. The number of piperazine rings is 1. The summed E-state index contributed by atoms with van der Waals surface area (Å²) >= 11 is 0. The first-order valence-corrected chi connectivity index (χ1v) is 12.1. The van der Waals surface area contributed by atoms with Crippen molar-refractivity contribution < 1.29 is 13.5 Å². The Morgan fingerprint density at radius 3 is 2.00 bits per heavy atom. The molecule has 0 aliphatic carbocycles. The molecule has 1 fully saturated rings. The van der Waals surface area contributed by atoms with Gasteiger partial charge in [-0.3, -0.25) is 4.90 Å². The number of benzene rings is 2. The van der Waals surface area contributed by atoms with Crippen LogP contribution in [0, 0.1) is 11.6 Å². The maximum Gasteiger partial charge on any atom is 0.171 e. The zero-order valence-electron chi connectivity index (χ0n) is 20.0. The molecule has 2 aromatic carbocycles. The second kappa shape index (κ2) is 11.4. The van der Waals surface area contributed by atoms with E-state index in [0.29, 0.717) is 0 Å². The molecular formula is C28H33F2N3O. The molecule has 34 heavy (non-hydrogen) atoms. The molecule has 0 N–H and O–H groups in total. The van der Waals surface area contributed by atoms with Crippen LogP contribution >= 0.6 is 0 Å². The maximum absolute atomic E-state index is 13.5. The molecule has 0 spiro atoms. The van der Waals surface area contributed by atoms with Crippen LogP contribution in [0.2, 0.25) is 0 Å².